The molecule has 2 aromatic rings. The summed E-state index contributed by atoms with van der Waals surface area (Å²) in [6.45, 7) is 1.01. The zero-order valence-corrected chi connectivity index (χ0v) is 13.8. The first-order chi connectivity index (χ1) is 10.1. The molecule has 0 radical (unpaired) electrons. The van der Waals surface area contributed by atoms with Crippen LogP contribution in [0.25, 0.3) is 0 Å². The molecule has 0 saturated carbocycles. The van der Waals surface area contributed by atoms with Crippen molar-refractivity contribution in [1.29, 1.82) is 0 Å². The second-order valence-electron chi connectivity index (χ2n) is 4.55. The number of hydrogen-bond donors (Lipinski definition) is 0. The van der Waals surface area contributed by atoms with Gasteiger partial charge >= 0.3 is 0 Å². The van der Waals surface area contributed by atoms with Crippen molar-refractivity contribution in [3.63, 3.8) is 0 Å². The molecule has 0 amide bonds. The number of fused-ring (bicyclic) bond motifs is 1. The largest absolute Gasteiger partial charge is 0.486 e. The summed E-state index contributed by atoms with van der Waals surface area (Å²) >= 11 is 15.6. The topological polar surface area (TPSA) is 18.5 Å². The second-order valence-corrected chi connectivity index (χ2v) is 6.25. The molecule has 0 spiro atoms. The fraction of sp³-hybridized carbons (Fsp3) is 0.200. The van der Waals surface area contributed by atoms with Gasteiger partial charge in [-0.1, -0.05) is 17.7 Å². The molecule has 0 aliphatic carbocycles. The fourth-order valence-corrected chi connectivity index (χ4v) is 2.92. The Labute approximate surface area is 139 Å². The van der Waals surface area contributed by atoms with E-state index in [0.717, 1.165) is 5.56 Å². The van der Waals surface area contributed by atoms with Gasteiger partial charge in [0, 0.05) is 10.0 Å². The lowest BCUT2D eigenvalue weighted by Crippen LogP contribution is -2.15. The zero-order valence-electron chi connectivity index (χ0n) is 10.7. The molecule has 1 unspecified atom stereocenters. The SMILES string of the molecule is Fc1cc(Br)c(Cl)cc1C(Cl)c1ccc2c(c1)OCCO2. The van der Waals surface area contributed by atoms with Crippen LogP contribution in [-0.4, -0.2) is 13.2 Å². The first kappa shape index (κ1) is 14.9. The van der Waals surface area contributed by atoms with Crippen LogP contribution >= 0.6 is 39.1 Å². The van der Waals surface area contributed by atoms with Crippen molar-refractivity contribution in [3.05, 3.63) is 56.8 Å². The first-order valence-corrected chi connectivity index (χ1v) is 7.85. The first-order valence-electron chi connectivity index (χ1n) is 6.24. The summed E-state index contributed by atoms with van der Waals surface area (Å²) in [5, 5.41) is -0.249. The highest BCUT2D eigenvalue weighted by atomic mass is 79.9. The van der Waals surface area contributed by atoms with Crippen LogP contribution in [-0.2, 0) is 0 Å². The minimum absolute atomic E-state index is 0.321. The van der Waals surface area contributed by atoms with Gasteiger partial charge in [0.1, 0.15) is 19.0 Å². The van der Waals surface area contributed by atoms with Gasteiger partial charge in [-0.2, -0.15) is 0 Å². The second kappa shape index (κ2) is 6.03. The van der Waals surface area contributed by atoms with Gasteiger partial charge in [-0.15, -0.1) is 11.6 Å². The summed E-state index contributed by atoms with van der Waals surface area (Å²) in [4.78, 5) is 0. The van der Waals surface area contributed by atoms with E-state index in [9.17, 15) is 4.39 Å². The molecule has 0 aromatic heterocycles. The molecule has 0 N–H and O–H groups in total. The van der Waals surface area contributed by atoms with E-state index < -0.39 is 11.2 Å². The molecule has 1 aliphatic heterocycles. The molecule has 3 rings (SSSR count). The van der Waals surface area contributed by atoms with Gasteiger partial charge in [-0.05, 0) is 45.8 Å². The van der Waals surface area contributed by atoms with E-state index in [2.05, 4.69) is 15.9 Å². The van der Waals surface area contributed by atoms with Crippen LogP contribution in [0.3, 0.4) is 0 Å². The van der Waals surface area contributed by atoms with Crippen LogP contribution in [0, 0.1) is 5.82 Å². The van der Waals surface area contributed by atoms with E-state index in [1.165, 1.54) is 12.1 Å². The summed E-state index contributed by atoms with van der Waals surface area (Å²) in [7, 11) is 0. The van der Waals surface area contributed by atoms with Gasteiger partial charge in [-0.3, -0.25) is 0 Å². The molecule has 1 atom stereocenters. The van der Waals surface area contributed by atoms with Crippen LogP contribution in [0.4, 0.5) is 4.39 Å². The Balaban J connectivity index is 1.98. The minimum Gasteiger partial charge on any atom is -0.486 e. The summed E-state index contributed by atoms with van der Waals surface area (Å²) in [5.41, 5.74) is 1.04. The number of alkyl halides is 1. The molecular weight excluding hydrogens is 382 g/mol. The molecule has 1 heterocycles. The number of ether oxygens (including phenoxy) is 2. The molecule has 2 aromatic carbocycles. The predicted octanol–water partition coefficient (Wildman–Crippen LogP) is 5.34. The Kier molecular flexibility index (Phi) is 4.29. The smallest absolute Gasteiger partial charge is 0.161 e. The Morgan fingerprint density at radius 2 is 1.81 bits per heavy atom. The van der Waals surface area contributed by atoms with E-state index >= 15 is 0 Å². The van der Waals surface area contributed by atoms with E-state index in [-0.39, 0.29) is 0 Å². The minimum atomic E-state index is -0.661. The normalized spacial score (nSPS) is 14.9. The lowest BCUT2D eigenvalue weighted by molar-refractivity contribution is 0.171. The molecule has 110 valence electrons. The molecule has 1 aliphatic rings. The van der Waals surface area contributed by atoms with Gasteiger partial charge in [0.25, 0.3) is 0 Å². The maximum atomic E-state index is 14.1. The fourth-order valence-electron chi connectivity index (χ4n) is 2.13. The number of hydrogen-bond acceptors (Lipinski definition) is 2. The number of rotatable bonds is 2. The molecule has 0 saturated heterocycles. The summed E-state index contributed by atoms with van der Waals surface area (Å²) in [6, 6.07) is 8.17. The standard InChI is InChI=1S/C15H10BrCl2FO2/c16-10-7-12(19)9(6-11(10)17)15(18)8-1-2-13-14(5-8)21-4-3-20-13/h1-2,5-7,15H,3-4H2. The summed E-state index contributed by atoms with van der Waals surface area (Å²) in [5.74, 6) is 0.873. The summed E-state index contributed by atoms with van der Waals surface area (Å²) < 4.78 is 25.5. The average Bonchev–Trinajstić information content (AvgIpc) is 2.50. The van der Waals surface area contributed by atoms with Gasteiger partial charge in [-0.25, -0.2) is 4.39 Å². The van der Waals surface area contributed by atoms with E-state index in [1.807, 2.05) is 0 Å². The quantitative estimate of drug-likeness (QED) is 0.508. The molecule has 2 nitrogen and oxygen atoms in total. The Morgan fingerprint density at radius 3 is 2.57 bits per heavy atom. The highest BCUT2D eigenvalue weighted by molar-refractivity contribution is 9.10. The van der Waals surface area contributed by atoms with Crippen molar-refractivity contribution < 1.29 is 13.9 Å². The average molecular weight is 392 g/mol. The Hall–Kier alpha value is -0.970. The monoisotopic (exact) mass is 390 g/mol. The highest BCUT2D eigenvalue weighted by Crippen LogP contribution is 2.39. The van der Waals surface area contributed by atoms with Gasteiger partial charge in [0.15, 0.2) is 11.5 Å². The van der Waals surface area contributed by atoms with Crippen molar-refractivity contribution in [2.24, 2.45) is 0 Å². The van der Waals surface area contributed by atoms with Crippen molar-refractivity contribution >= 4 is 39.1 Å². The number of benzene rings is 2. The third-order valence-electron chi connectivity index (χ3n) is 3.17. The van der Waals surface area contributed by atoms with Crippen molar-refractivity contribution in [2.45, 2.75) is 5.38 Å². The van der Waals surface area contributed by atoms with Crippen LogP contribution in [0.2, 0.25) is 5.02 Å². The molecule has 21 heavy (non-hydrogen) atoms. The molecule has 0 bridgehead atoms. The third kappa shape index (κ3) is 2.98. The van der Waals surface area contributed by atoms with E-state index in [4.69, 9.17) is 32.7 Å². The van der Waals surface area contributed by atoms with Crippen LogP contribution in [0.1, 0.15) is 16.5 Å². The highest BCUT2D eigenvalue weighted by Gasteiger charge is 2.20. The zero-order chi connectivity index (χ0) is 15.0. The molecule has 0 fully saturated rings. The van der Waals surface area contributed by atoms with Crippen LogP contribution in [0.15, 0.2) is 34.8 Å². The molecule has 6 heteroatoms. The van der Waals surface area contributed by atoms with Gasteiger partial charge in [0.2, 0.25) is 0 Å². The van der Waals surface area contributed by atoms with Crippen molar-refractivity contribution in [1.82, 2.24) is 0 Å². The van der Waals surface area contributed by atoms with Crippen LogP contribution < -0.4 is 9.47 Å². The van der Waals surface area contributed by atoms with Crippen LogP contribution in [0.5, 0.6) is 11.5 Å². The van der Waals surface area contributed by atoms with Crippen molar-refractivity contribution in [3.8, 4) is 11.5 Å². The lowest BCUT2D eigenvalue weighted by Gasteiger charge is -2.20. The van der Waals surface area contributed by atoms with Gasteiger partial charge in [0.05, 0.1) is 10.4 Å². The number of halogens is 4. The summed E-state index contributed by atoms with van der Waals surface area (Å²) in [6.07, 6.45) is 0. The predicted molar refractivity (Wildman–Crippen MR) is 84.2 cm³/mol. The lowest BCUT2D eigenvalue weighted by atomic mass is 10.0. The third-order valence-corrected chi connectivity index (χ3v) is 4.86. The molecular formula is C15H10BrCl2FO2. The maximum Gasteiger partial charge on any atom is 0.161 e. The maximum absolute atomic E-state index is 14.1. The van der Waals surface area contributed by atoms with E-state index in [0.29, 0.717) is 39.8 Å². The van der Waals surface area contributed by atoms with Crippen molar-refractivity contribution in [2.75, 3.05) is 13.2 Å². The Bertz CT molecular complexity index is 694. The van der Waals surface area contributed by atoms with Gasteiger partial charge < -0.3 is 9.47 Å². The van der Waals surface area contributed by atoms with E-state index in [1.54, 1.807) is 18.2 Å². The Morgan fingerprint density at radius 1 is 1.10 bits per heavy atom.